The van der Waals surface area contributed by atoms with Gasteiger partial charge in [-0.15, -0.1) is 0 Å². The topological polar surface area (TPSA) is 93.2 Å². The minimum atomic E-state index is -0.306. The first-order chi connectivity index (χ1) is 13.1. The first-order valence-electron chi connectivity index (χ1n) is 8.88. The van der Waals surface area contributed by atoms with Crippen molar-refractivity contribution in [2.24, 2.45) is 5.84 Å². The number of nitrogens with two attached hydrogens (primary N) is 1. The second-order valence-corrected chi connectivity index (χ2v) is 6.86. The number of amides is 2. The van der Waals surface area contributed by atoms with Gasteiger partial charge in [0.25, 0.3) is 5.91 Å². The van der Waals surface area contributed by atoms with Crippen molar-refractivity contribution in [3.8, 4) is 0 Å². The van der Waals surface area contributed by atoms with Gasteiger partial charge in [-0.3, -0.25) is 15.0 Å². The summed E-state index contributed by atoms with van der Waals surface area (Å²) in [6.07, 6.45) is 0.363. The lowest BCUT2D eigenvalue weighted by Gasteiger charge is -2.17. The van der Waals surface area contributed by atoms with Gasteiger partial charge in [0.2, 0.25) is 5.91 Å². The zero-order valence-corrected chi connectivity index (χ0v) is 15.1. The van der Waals surface area contributed by atoms with Crippen molar-refractivity contribution in [3.63, 3.8) is 0 Å². The summed E-state index contributed by atoms with van der Waals surface area (Å²) in [6.45, 7) is 2.61. The number of rotatable bonds is 4. The van der Waals surface area contributed by atoms with Gasteiger partial charge in [0.05, 0.1) is 11.0 Å². The zero-order chi connectivity index (χ0) is 19.0. The highest BCUT2D eigenvalue weighted by Crippen LogP contribution is 2.33. The second-order valence-electron chi connectivity index (χ2n) is 6.86. The fourth-order valence-electron chi connectivity index (χ4n) is 3.69. The zero-order valence-electron chi connectivity index (χ0n) is 15.1. The highest BCUT2D eigenvalue weighted by Gasteiger charge is 2.35. The minimum Gasteiger partial charge on any atom is -0.318 e. The number of hydrogen-bond acceptors (Lipinski definition) is 4. The fraction of sp³-hybridized carbons (Fsp3) is 0.250. The van der Waals surface area contributed by atoms with Gasteiger partial charge in [-0.05, 0) is 36.8 Å². The number of fused-ring (bicyclic) bond motifs is 1. The molecule has 2 amide bonds. The van der Waals surface area contributed by atoms with Crippen LogP contribution in [0.25, 0.3) is 11.0 Å². The van der Waals surface area contributed by atoms with Gasteiger partial charge in [-0.1, -0.05) is 24.3 Å². The highest BCUT2D eigenvalue weighted by atomic mass is 16.2. The molecule has 7 nitrogen and oxygen atoms in total. The van der Waals surface area contributed by atoms with E-state index < -0.39 is 0 Å². The lowest BCUT2D eigenvalue weighted by Crippen LogP contribution is -2.34. The summed E-state index contributed by atoms with van der Waals surface area (Å²) in [5.41, 5.74) is 5.83. The Morgan fingerprint density at radius 3 is 2.85 bits per heavy atom. The van der Waals surface area contributed by atoms with Crippen LogP contribution in [-0.2, 0) is 16.1 Å². The lowest BCUT2D eigenvalue weighted by molar-refractivity contribution is -0.121. The Morgan fingerprint density at radius 1 is 1.26 bits per heavy atom. The predicted molar refractivity (Wildman–Crippen MR) is 103 cm³/mol. The van der Waals surface area contributed by atoms with Crippen molar-refractivity contribution in [3.05, 3.63) is 59.9 Å². The Balaban J connectivity index is 1.71. The first-order valence-corrected chi connectivity index (χ1v) is 8.88. The van der Waals surface area contributed by atoms with Crippen LogP contribution in [0.2, 0.25) is 0 Å². The Kier molecular flexibility index (Phi) is 4.37. The van der Waals surface area contributed by atoms with E-state index in [2.05, 4.69) is 5.43 Å². The molecule has 27 heavy (non-hydrogen) atoms. The molecule has 4 rings (SSSR count). The van der Waals surface area contributed by atoms with E-state index in [0.717, 1.165) is 28.1 Å². The van der Waals surface area contributed by atoms with Crippen LogP contribution in [0, 0.1) is 6.92 Å². The summed E-state index contributed by atoms with van der Waals surface area (Å²) in [7, 11) is 0. The van der Waals surface area contributed by atoms with Crippen molar-refractivity contribution in [1.82, 2.24) is 15.0 Å². The highest BCUT2D eigenvalue weighted by molar-refractivity contribution is 5.96. The van der Waals surface area contributed by atoms with E-state index >= 15 is 0 Å². The minimum absolute atomic E-state index is 0.0625. The predicted octanol–water partition coefficient (Wildman–Crippen LogP) is 1.86. The normalized spacial score (nSPS) is 16.9. The van der Waals surface area contributed by atoms with Crippen LogP contribution in [0.5, 0.6) is 0 Å². The van der Waals surface area contributed by atoms with E-state index in [-0.39, 0.29) is 24.3 Å². The number of aromatic nitrogens is 2. The Morgan fingerprint density at radius 2 is 2.07 bits per heavy atom. The van der Waals surface area contributed by atoms with Gasteiger partial charge in [0.15, 0.2) is 0 Å². The summed E-state index contributed by atoms with van der Waals surface area (Å²) < 4.78 is 1.86. The standard InChI is InChI=1S/C20H21N5O2/c1-13-5-4-6-15(9-13)24-11-14(10-19(24)27)20-22-16-7-2-3-8-17(16)25(20)12-18(26)23-21/h2-9,14H,10-12,21H2,1H3,(H,23,26). The maximum atomic E-state index is 12.7. The molecule has 1 aliphatic heterocycles. The van der Waals surface area contributed by atoms with E-state index in [1.54, 1.807) is 4.90 Å². The second kappa shape index (κ2) is 6.85. The molecule has 0 saturated carbocycles. The van der Waals surface area contributed by atoms with Crippen molar-refractivity contribution >= 4 is 28.5 Å². The van der Waals surface area contributed by atoms with Crippen molar-refractivity contribution in [2.45, 2.75) is 25.8 Å². The SMILES string of the molecule is Cc1cccc(N2CC(c3nc4ccccc4n3CC(=O)NN)CC2=O)c1. The molecule has 0 radical (unpaired) electrons. The molecule has 138 valence electrons. The molecule has 1 aromatic heterocycles. The van der Waals surface area contributed by atoms with Crippen molar-refractivity contribution < 1.29 is 9.59 Å². The van der Waals surface area contributed by atoms with Crippen molar-refractivity contribution in [1.29, 1.82) is 0 Å². The molecule has 1 atom stereocenters. The average molecular weight is 363 g/mol. The third-order valence-electron chi connectivity index (χ3n) is 4.95. The van der Waals surface area contributed by atoms with Crippen LogP contribution >= 0.6 is 0 Å². The monoisotopic (exact) mass is 363 g/mol. The summed E-state index contributed by atoms with van der Waals surface area (Å²) in [5.74, 6) is 5.68. The summed E-state index contributed by atoms with van der Waals surface area (Å²) in [6, 6.07) is 15.5. The van der Waals surface area contributed by atoms with E-state index in [0.29, 0.717) is 13.0 Å². The van der Waals surface area contributed by atoms with Gasteiger partial charge >= 0.3 is 0 Å². The third kappa shape index (κ3) is 3.17. The molecule has 0 spiro atoms. The van der Waals surface area contributed by atoms with E-state index in [4.69, 9.17) is 10.8 Å². The fourth-order valence-corrected chi connectivity index (χ4v) is 3.69. The molecule has 1 unspecified atom stereocenters. The molecule has 3 N–H and O–H groups in total. The number of benzene rings is 2. The number of para-hydroxylation sites is 2. The van der Waals surface area contributed by atoms with Gasteiger partial charge in [0.1, 0.15) is 12.4 Å². The molecule has 2 aromatic carbocycles. The maximum Gasteiger partial charge on any atom is 0.253 e. The summed E-state index contributed by atoms with van der Waals surface area (Å²) in [5, 5.41) is 0. The molecule has 1 saturated heterocycles. The number of carbonyl (C=O) groups excluding carboxylic acids is 2. The Hall–Kier alpha value is -3.19. The van der Waals surface area contributed by atoms with E-state index in [1.165, 1.54) is 0 Å². The van der Waals surface area contributed by atoms with Crippen LogP contribution in [-0.4, -0.2) is 27.9 Å². The molecule has 1 fully saturated rings. The maximum absolute atomic E-state index is 12.7. The summed E-state index contributed by atoms with van der Waals surface area (Å²) in [4.78, 5) is 31.1. The van der Waals surface area contributed by atoms with Gasteiger partial charge in [0, 0.05) is 24.6 Å². The molecule has 3 aromatic rings. The molecule has 0 bridgehead atoms. The van der Waals surface area contributed by atoms with Gasteiger partial charge < -0.3 is 9.47 Å². The molecule has 1 aliphatic rings. The summed E-state index contributed by atoms with van der Waals surface area (Å²) >= 11 is 0. The Labute approximate surface area is 156 Å². The molecular formula is C20H21N5O2. The van der Waals surface area contributed by atoms with Crippen LogP contribution < -0.4 is 16.2 Å². The number of carbonyl (C=O) groups is 2. The quantitative estimate of drug-likeness (QED) is 0.420. The number of anilines is 1. The van der Waals surface area contributed by atoms with Gasteiger partial charge in [-0.2, -0.15) is 0 Å². The van der Waals surface area contributed by atoms with E-state index in [1.807, 2.05) is 60.0 Å². The van der Waals surface area contributed by atoms with Gasteiger partial charge in [-0.25, -0.2) is 10.8 Å². The molecule has 7 heteroatoms. The smallest absolute Gasteiger partial charge is 0.253 e. The number of nitrogens with zero attached hydrogens (tertiary/aromatic N) is 3. The molecule has 2 heterocycles. The van der Waals surface area contributed by atoms with Crippen LogP contribution in [0.15, 0.2) is 48.5 Å². The van der Waals surface area contributed by atoms with E-state index in [9.17, 15) is 9.59 Å². The molecule has 0 aliphatic carbocycles. The third-order valence-corrected chi connectivity index (χ3v) is 4.95. The number of aryl methyl sites for hydroxylation is 1. The first kappa shape index (κ1) is 17.2. The van der Waals surface area contributed by atoms with Crippen LogP contribution in [0.1, 0.15) is 23.7 Å². The Bertz CT molecular complexity index is 1030. The lowest BCUT2D eigenvalue weighted by atomic mass is 10.1. The number of imidazole rings is 1. The largest absolute Gasteiger partial charge is 0.318 e. The van der Waals surface area contributed by atoms with Crippen LogP contribution in [0.3, 0.4) is 0 Å². The molecular weight excluding hydrogens is 342 g/mol. The average Bonchev–Trinajstić information content (AvgIpc) is 3.22. The van der Waals surface area contributed by atoms with Crippen LogP contribution in [0.4, 0.5) is 5.69 Å². The number of hydrazine groups is 1. The van der Waals surface area contributed by atoms with Crippen molar-refractivity contribution in [2.75, 3.05) is 11.4 Å². The number of nitrogens with one attached hydrogen (secondary N) is 1. The number of hydrogen-bond donors (Lipinski definition) is 2.